The summed E-state index contributed by atoms with van der Waals surface area (Å²) in [5, 5.41) is 10.7. The molecule has 0 amide bonds. The third-order valence-corrected chi connectivity index (χ3v) is 5.21. The summed E-state index contributed by atoms with van der Waals surface area (Å²) in [6.07, 6.45) is 0. The van der Waals surface area contributed by atoms with Crippen molar-refractivity contribution in [1.82, 2.24) is 25.4 Å². The minimum absolute atomic E-state index is 0.536. The van der Waals surface area contributed by atoms with Gasteiger partial charge in [0.1, 0.15) is 11.6 Å². The number of methoxy groups -OCH3 is 1. The van der Waals surface area contributed by atoms with Gasteiger partial charge < -0.3 is 19.9 Å². The number of H-pyrrole nitrogens is 1. The van der Waals surface area contributed by atoms with E-state index < -0.39 is 0 Å². The van der Waals surface area contributed by atoms with Crippen LogP contribution in [0.3, 0.4) is 0 Å². The molecule has 156 valence electrons. The first-order chi connectivity index (χ1) is 14.8. The molecule has 0 aliphatic carbocycles. The van der Waals surface area contributed by atoms with Crippen LogP contribution in [0.15, 0.2) is 59.6 Å². The van der Waals surface area contributed by atoms with E-state index in [4.69, 9.17) is 4.74 Å². The summed E-state index contributed by atoms with van der Waals surface area (Å²) in [4.78, 5) is 13.7. The second-order valence-electron chi connectivity index (χ2n) is 7.04. The number of para-hydroxylation sites is 1. The number of nitrogens with one attached hydrogen (secondary N) is 2. The number of guanidine groups is 1. The summed E-state index contributed by atoms with van der Waals surface area (Å²) in [7, 11) is 3.47. The maximum Gasteiger partial charge on any atom is 0.194 e. The predicted octanol–water partition coefficient (Wildman–Crippen LogP) is 2.38. The van der Waals surface area contributed by atoms with E-state index in [1.165, 1.54) is 5.69 Å². The maximum atomic E-state index is 5.20. The molecule has 1 aromatic heterocycles. The van der Waals surface area contributed by atoms with Gasteiger partial charge in [0, 0.05) is 44.5 Å². The molecule has 1 saturated heterocycles. The average molecular weight is 406 g/mol. The summed E-state index contributed by atoms with van der Waals surface area (Å²) < 4.78 is 5.20. The van der Waals surface area contributed by atoms with E-state index in [1.807, 2.05) is 31.3 Å². The lowest BCUT2D eigenvalue weighted by molar-refractivity contribution is 0.372. The fourth-order valence-corrected chi connectivity index (χ4v) is 3.55. The molecule has 0 unspecified atom stereocenters. The second kappa shape index (κ2) is 9.30. The minimum Gasteiger partial charge on any atom is -0.497 e. The van der Waals surface area contributed by atoms with E-state index in [0.717, 1.165) is 49.3 Å². The zero-order valence-electron chi connectivity index (χ0n) is 17.4. The van der Waals surface area contributed by atoms with Crippen LogP contribution in [0.5, 0.6) is 5.75 Å². The fourth-order valence-electron chi connectivity index (χ4n) is 3.55. The summed E-state index contributed by atoms with van der Waals surface area (Å²) in [5.41, 5.74) is 2.22. The second-order valence-corrected chi connectivity index (χ2v) is 7.04. The van der Waals surface area contributed by atoms with Crippen LogP contribution in [0.2, 0.25) is 0 Å². The summed E-state index contributed by atoms with van der Waals surface area (Å²) in [5.74, 6) is 3.13. The first kappa shape index (κ1) is 19.8. The van der Waals surface area contributed by atoms with Crippen molar-refractivity contribution in [2.45, 2.75) is 6.54 Å². The Morgan fingerprint density at radius 3 is 2.47 bits per heavy atom. The third kappa shape index (κ3) is 4.53. The van der Waals surface area contributed by atoms with Crippen LogP contribution in [-0.4, -0.2) is 66.4 Å². The van der Waals surface area contributed by atoms with E-state index >= 15 is 0 Å². The summed E-state index contributed by atoms with van der Waals surface area (Å²) in [6.45, 7) is 4.31. The molecule has 8 nitrogen and oxygen atoms in total. The number of benzene rings is 2. The number of piperazine rings is 1. The topological polar surface area (TPSA) is 81.7 Å². The highest BCUT2D eigenvalue weighted by atomic mass is 16.5. The van der Waals surface area contributed by atoms with Crippen molar-refractivity contribution in [1.29, 1.82) is 0 Å². The molecular weight excluding hydrogens is 378 g/mol. The lowest BCUT2D eigenvalue weighted by atomic mass is 10.2. The van der Waals surface area contributed by atoms with Crippen molar-refractivity contribution < 1.29 is 4.74 Å². The normalized spacial score (nSPS) is 14.7. The van der Waals surface area contributed by atoms with Gasteiger partial charge in [0.25, 0.3) is 0 Å². The van der Waals surface area contributed by atoms with Gasteiger partial charge in [-0.3, -0.25) is 10.1 Å². The smallest absolute Gasteiger partial charge is 0.194 e. The van der Waals surface area contributed by atoms with Gasteiger partial charge >= 0.3 is 0 Å². The molecule has 2 N–H and O–H groups in total. The molecular formula is C22H27N7O. The van der Waals surface area contributed by atoms with Crippen molar-refractivity contribution in [3.05, 3.63) is 60.4 Å². The number of aliphatic imine (C=N–C) groups is 1. The first-order valence-corrected chi connectivity index (χ1v) is 10.1. The third-order valence-electron chi connectivity index (χ3n) is 5.21. The van der Waals surface area contributed by atoms with Gasteiger partial charge in [-0.05, 0) is 36.4 Å². The Labute approximate surface area is 176 Å². The van der Waals surface area contributed by atoms with Gasteiger partial charge in [0.05, 0.1) is 13.7 Å². The Morgan fingerprint density at radius 2 is 1.80 bits per heavy atom. The number of aromatic nitrogens is 3. The van der Waals surface area contributed by atoms with Crippen LogP contribution in [0.4, 0.5) is 5.69 Å². The maximum absolute atomic E-state index is 5.20. The fraction of sp³-hybridized carbons (Fsp3) is 0.318. The Balaban J connectivity index is 1.31. The zero-order chi connectivity index (χ0) is 20.8. The van der Waals surface area contributed by atoms with Crippen LogP contribution >= 0.6 is 0 Å². The summed E-state index contributed by atoms with van der Waals surface area (Å²) in [6, 6.07) is 18.2. The number of anilines is 1. The van der Waals surface area contributed by atoms with Gasteiger partial charge in [-0.25, -0.2) is 4.98 Å². The van der Waals surface area contributed by atoms with E-state index in [2.05, 4.69) is 65.6 Å². The van der Waals surface area contributed by atoms with Gasteiger partial charge in [0.15, 0.2) is 11.8 Å². The lowest BCUT2D eigenvalue weighted by Gasteiger charge is -2.37. The van der Waals surface area contributed by atoms with E-state index in [-0.39, 0.29) is 0 Å². The molecule has 0 saturated carbocycles. The monoisotopic (exact) mass is 405 g/mol. The van der Waals surface area contributed by atoms with Gasteiger partial charge in [-0.2, -0.15) is 5.10 Å². The molecule has 0 bridgehead atoms. The molecule has 3 aromatic rings. The number of aromatic amines is 1. The van der Waals surface area contributed by atoms with Gasteiger partial charge in [-0.1, -0.05) is 18.2 Å². The van der Waals surface area contributed by atoms with Crippen LogP contribution < -0.4 is 15.0 Å². The standard InChI is InChI=1S/C22H27N7O/c1-23-22(29-14-12-28(13-15-29)18-6-4-3-5-7-18)24-16-20-25-21(27-26-20)17-8-10-19(30-2)11-9-17/h3-11H,12-16H2,1-2H3,(H,23,24)(H,25,26,27). The molecule has 2 heterocycles. The highest BCUT2D eigenvalue weighted by Gasteiger charge is 2.20. The highest BCUT2D eigenvalue weighted by Crippen LogP contribution is 2.19. The van der Waals surface area contributed by atoms with Crippen LogP contribution in [0.25, 0.3) is 11.4 Å². The number of hydrogen-bond acceptors (Lipinski definition) is 5. The van der Waals surface area contributed by atoms with Crippen LogP contribution in [0, 0.1) is 0 Å². The molecule has 0 atom stereocenters. The Morgan fingerprint density at radius 1 is 1.07 bits per heavy atom. The predicted molar refractivity (Wildman–Crippen MR) is 119 cm³/mol. The van der Waals surface area contributed by atoms with Gasteiger partial charge in [-0.15, -0.1) is 0 Å². The number of nitrogens with zero attached hydrogens (tertiary/aromatic N) is 5. The molecule has 8 heteroatoms. The largest absolute Gasteiger partial charge is 0.497 e. The van der Waals surface area contributed by atoms with Crippen molar-refractivity contribution in [3.63, 3.8) is 0 Å². The molecule has 0 radical (unpaired) electrons. The zero-order valence-corrected chi connectivity index (χ0v) is 17.4. The molecule has 4 rings (SSSR count). The quantitative estimate of drug-likeness (QED) is 0.501. The summed E-state index contributed by atoms with van der Waals surface area (Å²) >= 11 is 0. The van der Waals surface area contributed by atoms with Crippen LogP contribution in [-0.2, 0) is 6.54 Å². The van der Waals surface area contributed by atoms with E-state index in [9.17, 15) is 0 Å². The van der Waals surface area contributed by atoms with Gasteiger partial charge in [0.2, 0.25) is 0 Å². The lowest BCUT2D eigenvalue weighted by Crippen LogP contribution is -2.52. The minimum atomic E-state index is 0.536. The number of rotatable bonds is 5. The number of hydrogen-bond donors (Lipinski definition) is 2. The average Bonchev–Trinajstić information content (AvgIpc) is 3.29. The van der Waals surface area contributed by atoms with Crippen molar-refractivity contribution in [2.24, 2.45) is 4.99 Å². The molecule has 1 aliphatic rings. The van der Waals surface area contributed by atoms with Crippen molar-refractivity contribution in [3.8, 4) is 17.1 Å². The number of ether oxygens (including phenoxy) is 1. The van der Waals surface area contributed by atoms with Crippen molar-refractivity contribution in [2.75, 3.05) is 45.2 Å². The molecule has 2 aromatic carbocycles. The molecule has 30 heavy (non-hydrogen) atoms. The SMILES string of the molecule is CN=C(NCc1nc(-c2ccc(OC)cc2)n[nH]1)N1CCN(c2ccccc2)CC1. The van der Waals surface area contributed by atoms with E-state index in [1.54, 1.807) is 7.11 Å². The highest BCUT2D eigenvalue weighted by molar-refractivity contribution is 5.80. The Hall–Kier alpha value is -3.55. The molecule has 1 fully saturated rings. The van der Waals surface area contributed by atoms with E-state index in [0.29, 0.717) is 12.4 Å². The Kier molecular flexibility index (Phi) is 6.12. The molecule has 1 aliphatic heterocycles. The Bertz CT molecular complexity index is 961. The van der Waals surface area contributed by atoms with Crippen LogP contribution in [0.1, 0.15) is 5.82 Å². The van der Waals surface area contributed by atoms with Crippen molar-refractivity contribution >= 4 is 11.6 Å². The molecule has 0 spiro atoms. The first-order valence-electron chi connectivity index (χ1n) is 10.1.